The molecule has 0 aliphatic carbocycles. The van der Waals surface area contributed by atoms with Crippen molar-refractivity contribution in [2.24, 2.45) is 0 Å². The molecule has 1 aromatic rings. The van der Waals surface area contributed by atoms with Gasteiger partial charge in [0.1, 0.15) is 0 Å². The average molecular weight is 224 g/mol. The highest BCUT2D eigenvalue weighted by atomic mass is 16.5. The van der Waals surface area contributed by atoms with Crippen molar-refractivity contribution in [3.05, 3.63) is 12.4 Å². The summed E-state index contributed by atoms with van der Waals surface area (Å²) in [6, 6.07) is -0.0439. The van der Waals surface area contributed by atoms with Gasteiger partial charge in [-0.2, -0.15) is 5.10 Å². The van der Waals surface area contributed by atoms with Crippen LogP contribution in [0.2, 0.25) is 0 Å². The molecule has 2 amide bonds. The summed E-state index contributed by atoms with van der Waals surface area (Å²) in [5.41, 5.74) is 0.841. The second kappa shape index (κ2) is 4.98. The largest absolute Gasteiger partial charge is 0.383 e. The number of carbonyl (C=O) groups excluding carboxylic acids is 1. The Labute approximate surface area is 94.2 Å². The first kappa shape index (κ1) is 10.9. The first-order chi connectivity index (χ1) is 7.81. The Balaban J connectivity index is 2.02. The monoisotopic (exact) mass is 224 g/mol. The van der Waals surface area contributed by atoms with Crippen molar-refractivity contribution in [1.29, 1.82) is 0 Å². The van der Waals surface area contributed by atoms with Crippen LogP contribution in [-0.2, 0) is 11.3 Å². The number of urea groups is 1. The van der Waals surface area contributed by atoms with Crippen LogP contribution in [0.4, 0.5) is 10.5 Å². The van der Waals surface area contributed by atoms with Gasteiger partial charge in [-0.15, -0.1) is 0 Å². The van der Waals surface area contributed by atoms with Crippen LogP contribution >= 0.6 is 0 Å². The van der Waals surface area contributed by atoms with Crippen LogP contribution in [0.5, 0.6) is 0 Å². The predicted octanol–water partition coefficient (Wildman–Crippen LogP) is 0.449. The number of ether oxygens (including phenoxy) is 1. The second-order valence-electron chi connectivity index (χ2n) is 3.69. The summed E-state index contributed by atoms with van der Waals surface area (Å²) >= 11 is 0. The van der Waals surface area contributed by atoms with Crippen molar-refractivity contribution in [1.82, 2.24) is 15.1 Å². The Morgan fingerprint density at radius 1 is 1.62 bits per heavy atom. The van der Waals surface area contributed by atoms with Crippen LogP contribution in [0, 0.1) is 0 Å². The highest BCUT2D eigenvalue weighted by Crippen LogP contribution is 2.15. The fourth-order valence-electron chi connectivity index (χ4n) is 1.67. The average Bonchev–Trinajstić information content (AvgIpc) is 2.75. The molecule has 0 aromatic carbocycles. The molecule has 0 unspecified atom stereocenters. The third-order valence-electron chi connectivity index (χ3n) is 2.54. The highest BCUT2D eigenvalue weighted by molar-refractivity contribution is 5.92. The Morgan fingerprint density at radius 2 is 2.50 bits per heavy atom. The molecule has 0 saturated carbocycles. The van der Waals surface area contributed by atoms with Gasteiger partial charge >= 0.3 is 6.03 Å². The van der Waals surface area contributed by atoms with E-state index in [-0.39, 0.29) is 6.03 Å². The van der Waals surface area contributed by atoms with Crippen LogP contribution in [0.15, 0.2) is 12.4 Å². The van der Waals surface area contributed by atoms with Crippen molar-refractivity contribution < 1.29 is 9.53 Å². The van der Waals surface area contributed by atoms with Gasteiger partial charge in [0.15, 0.2) is 0 Å². The zero-order chi connectivity index (χ0) is 11.4. The fourth-order valence-corrected chi connectivity index (χ4v) is 1.67. The van der Waals surface area contributed by atoms with Gasteiger partial charge in [0.25, 0.3) is 0 Å². The minimum Gasteiger partial charge on any atom is -0.383 e. The van der Waals surface area contributed by atoms with Crippen molar-refractivity contribution in [2.75, 3.05) is 31.7 Å². The van der Waals surface area contributed by atoms with Gasteiger partial charge in [-0.25, -0.2) is 4.79 Å². The molecule has 1 N–H and O–H groups in total. The molecule has 88 valence electrons. The molecule has 1 aliphatic rings. The van der Waals surface area contributed by atoms with Crippen LogP contribution in [-0.4, -0.2) is 42.6 Å². The second-order valence-corrected chi connectivity index (χ2v) is 3.69. The molecule has 0 radical (unpaired) electrons. The van der Waals surface area contributed by atoms with Crippen LogP contribution in [0.3, 0.4) is 0 Å². The van der Waals surface area contributed by atoms with E-state index in [1.165, 1.54) is 0 Å². The summed E-state index contributed by atoms with van der Waals surface area (Å²) in [5.74, 6) is 0. The molecule has 6 nitrogen and oxygen atoms in total. The summed E-state index contributed by atoms with van der Waals surface area (Å²) in [6.45, 7) is 2.83. The lowest BCUT2D eigenvalue weighted by atomic mass is 10.3. The molecule has 2 rings (SSSR count). The van der Waals surface area contributed by atoms with E-state index in [2.05, 4.69) is 10.4 Å². The Kier molecular flexibility index (Phi) is 3.40. The van der Waals surface area contributed by atoms with E-state index in [1.54, 1.807) is 22.9 Å². The number of aromatic nitrogens is 2. The predicted molar refractivity (Wildman–Crippen MR) is 59.5 cm³/mol. The number of hydrogen-bond donors (Lipinski definition) is 1. The number of nitrogens with one attached hydrogen (secondary N) is 1. The molecule has 1 aromatic heterocycles. The van der Waals surface area contributed by atoms with Crippen LogP contribution in [0.25, 0.3) is 0 Å². The molecular formula is C10H16N4O2. The van der Waals surface area contributed by atoms with E-state index in [0.29, 0.717) is 13.2 Å². The lowest BCUT2D eigenvalue weighted by Gasteiger charge is -2.25. The summed E-state index contributed by atoms with van der Waals surface area (Å²) in [4.78, 5) is 13.3. The third-order valence-corrected chi connectivity index (χ3v) is 2.54. The number of amides is 2. The van der Waals surface area contributed by atoms with E-state index in [4.69, 9.17) is 4.74 Å². The Hall–Kier alpha value is -1.56. The standard InChI is InChI=1S/C10H16N4O2/c1-16-6-5-13-8-9(7-12-13)14-4-2-3-11-10(14)15/h7-8H,2-6H2,1H3,(H,11,15). The lowest BCUT2D eigenvalue weighted by Crippen LogP contribution is -2.46. The quantitative estimate of drug-likeness (QED) is 0.807. The molecule has 2 heterocycles. The SMILES string of the molecule is COCCn1cc(N2CCCNC2=O)cn1. The summed E-state index contributed by atoms with van der Waals surface area (Å²) in [6.07, 6.45) is 4.54. The number of hydrogen-bond acceptors (Lipinski definition) is 3. The third kappa shape index (κ3) is 2.33. The Bertz CT molecular complexity index is 363. The van der Waals surface area contributed by atoms with Crippen molar-refractivity contribution in [3.63, 3.8) is 0 Å². The van der Waals surface area contributed by atoms with Crippen molar-refractivity contribution in [2.45, 2.75) is 13.0 Å². The molecule has 16 heavy (non-hydrogen) atoms. The molecule has 0 spiro atoms. The topological polar surface area (TPSA) is 59.4 Å². The Morgan fingerprint density at radius 3 is 3.25 bits per heavy atom. The van der Waals surface area contributed by atoms with E-state index >= 15 is 0 Å². The maximum absolute atomic E-state index is 11.6. The first-order valence-electron chi connectivity index (χ1n) is 5.38. The van der Waals surface area contributed by atoms with Gasteiger partial charge in [0.2, 0.25) is 0 Å². The van der Waals surface area contributed by atoms with Crippen LogP contribution in [0.1, 0.15) is 6.42 Å². The number of methoxy groups -OCH3 is 1. The molecular weight excluding hydrogens is 208 g/mol. The van der Waals surface area contributed by atoms with Crippen molar-refractivity contribution >= 4 is 11.7 Å². The summed E-state index contributed by atoms with van der Waals surface area (Å²) in [5, 5.41) is 6.99. The van der Waals surface area contributed by atoms with E-state index < -0.39 is 0 Å². The van der Waals surface area contributed by atoms with E-state index in [1.807, 2.05) is 6.20 Å². The van der Waals surface area contributed by atoms with E-state index in [9.17, 15) is 4.79 Å². The molecule has 0 atom stereocenters. The van der Waals surface area contributed by atoms with Crippen molar-refractivity contribution in [3.8, 4) is 0 Å². The smallest absolute Gasteiger partial charge is 0.321 e. The minimum atomic E-state index is -0.0439. The number of nitrogens with zero attached hydrogens (tertiary/aromatic N) is 3. The molecule has 6 heteroatoms. The molecule has 0 bridgehead atoms. The number of rotatable bonds is 4. The van der Waals surface area contributed by atoms with Crippen LogP contribution < -0.4 is 10.2 Å². The first-order valence-corrected chi connectivity index (χ1v) is 5.38. The fraction of sp³-hybridized carbons (Fsp3) is 0.600. The molecule has 1 saturated heterocycles. The van der Waals surface area contributed by atoms with Gasteiger partial charge in [-0.3, -0.25) is 9.58 Å². The maximum Gasteiger partial charge on any atom is 0.321 e. The summed E-state index contributed by atoms with van der Waals surface area (Å²) in [7, 11) is 1.66. The number of anilines is 1. The maximum atomic E-state index is 11.6. The number of carbonyl (C=O) groups is 1. The minimum absolute atomic E-state index is 0.0439. The zero-order valence-electron chi connectivity index (χ0n) is 9.35. The normalized spacial score (nSPS) is 16.3. The lowest BCUT2D eigenvalue weighted by molar-refractivity contribution is 0.183. The van der Waals surface area contributed by atoms with Gasteiger partial charge in [0, 0.05) is 26.4 Å². The molecule has 1 aliphatic heterocycles. The highest BCUT2D eigenvalue weighted by Gasteiger charge is 2.20. The van der Waals surface area contributed by atoms with Gasteiger partial charge in [0.05, 0.1) is 25.0 Å². The zero-order valence-corrected chi connectivity index (χ0v) is 9.35. The molecule has 1 fully saturated rings. The van der Waals surface area contributed by atoms with Gasteiger partial charge in [-0.1, -0.05) is 0 Å². The summed E-state index contributed by atoms with van der Waals surface area (Å²) < 4.78 is 6.75. The van der Waals surface area contributed by atoms with E-state index in [0.717, 1.165) is 25.2 Å². The van der Waals surface area contributed by atoms with Gasteiger partial charge < -0.3 is 10.1 Å². The van der Waals surface area contributed by atoms with Gasteiger partial charge in [-0.05, 0) is 6.42 Å².